The summed E-state index contributed by atoms with van der Waals surface area (Å²) < 4.78 is 33.7. The van der Waals surface area contributed by atoms with E-state index in [0.29, 0.717) is 24.1 Å². The lowest BCUT2D eigenvalue weighted by atomic mass is 10.2. The van der Waals surface area contributed by atoms with Gasteiger partial charge in [0.05, 0.1) is 5.56 Å². The van der Waals surface area contributed by atoms with Crippen LogP contribution in [0, 0.1) is 6.92 Å². The Hall–Kier alpha value is -0.440. The van der Waals surface area contributed by atoms with Crippen molar-refractivity contribution in [3.05, 3.63) is 16.5 Å². The first-order chi connectivity index (χ1) is 9.14. The third-order valence-electron chi connectivity index (χ3n) is 2.86. The van der Waals surface area contributed by atoms with Gasteiger partial charge in [-0.15, -0.1) is 11.3 Å². The van der Waals surface area contributed by atoms with Gasteiger partial charge in [-0.2, -0.15) is 0 Å². The molecule has 114 valence electrons. The first-order valence-corrected chi connectivity index (χ1v) is 10.6. The minimum absolute atomic E-state index is 0.00217. The van der Waals surface area contributed by atoms with E-state index in [1.807, 2.05) is 6.92 Å². The van der Waals surface area contributed by atoms with E-state index in [9.17, 15) is 17.4 Å². The molecule has 0 radical (unpaired) electrons. The van der Waals surface area contributed by atoms with Gasteiger partial charge in [-0.25, -0.2) is 8.42 Å². The van der Waals surface area contributed by atoms with Crippen LogP contribution in [0.4, 0.5) is 0 Å². The number of carbonyl (C=O) groups is 1. The molecule has 0 fully saturated rings. The second-order valence-corrected chi connectivity index (χ2v) is 9.80. The van der Waals surface area contributed by atoms with Crippen molar-refractivity contribution in [3.8, 4) is 0 Å². The first kappa shape index (κ1) is 17.6. The van der Waals surface area contributed by atoms with E-state index >= 15 is 0 Å². The minimum atomic E-state index is -3.82. The molecule has 0 aromatic carbocycles. The smallest absolute Gasteiger partial charge is 0.271 e. The number of carbonyl (C=O) groups excluding carboxylic acids is 1. The van der Waals surface area contributed by atoms with Crippen molar-refractivity contribution in [2.24, 2.45) is 0 Å². The van der Waals surface area contributed by atoms with E-state index in [1.165, 1.54) is 5.38 Å². The fourth-order valence-electron chi connectivity index (χ4n) is 1.51. The highest BCUT2D eigenvalue weighted by Gasteiger charge is 2.21. The molecule has 1 aromatic heterocycles. The summed E-state index contributed by atoms with van der Waals surface area (Å²) in [6, 6.07) is 0. The topological polar surface area (TPSA) is 80.3 Å². The molecule has 0 saturated heterocycles. The van der Waals surface area contributed by atoms with Crippen LogP contribution >= 0.6 is 22.0 Å². The normalized spacial score (nSPS) is 14.8. The Kier molecular flexibility index (Phi) is 6.18. The van der Waals surface area contributed by atoms with Gasteiger partial charge in [-0.3, -0.25) is 9.00 Å². The molecule has 1 heterocycles. The molecule has 1 aromatic rings. The third kappa shape index (κ3) is 4.54. The van der Waals surface area contributed by atoms with Crippen LogP contribution in [0.15, 0.2) is 9.59 Å². The van der Waals surface area contributed by atoms with Gasteiger partial charge in [0.2, 0.25) is 0 Å². The second-order valence-electron chi connectivity index (χ2n) is 4.35. The van der Waals surface area contributed by atoms with Crippen LogP contribution in [0.2, 0.25) is 0 Å². The standard InChI is InChI=1S/C11H16ClNO4S3/c1-7(19(3)15)4-5-13-10(14)9-6-18-11(8(9)2)20(12,16)17/h6-7H,4-5H2,1-3H3,(H,13,14). The number of rotatable bonds is 6. The molecule has 1 amide bonds. The highest BCUT2D eigenvalue weighted by Crippen LogP contribution is 2.29. The Labute approximate surface area is 129 Å². The number of amides is 1. The van der Waals surface area contributed by atoms with Crippen molar-refractivity contribution >= 4 is 47.8 Å². The zero-order chi connectivity index (χ0) is 15.5. The summed E-state index contributed by atoms with van der Waals surface area (Å²) in [6.45, 7) is 3.78. The monoisotopic (exact) mass is 357 g/mol. The first-order valence-electron chi connectivity index (χ1n) is 5.77. The molecule has 0 aliphatic carbocycles. The highest BCUT2D eigenvalue weighted by atomic mass is 35.7. The van der Waals surface area contributed by atoms with Crippen molar-refractivity contribution in [3.63, 3.8) is 0 Å². The fraction of sp³-hybridized carbons (Fsp3) is 0.545. The largest absolute Gasteiger partial charge is 0.352 e. The number of halogens is 1. The Morgan fingerprint density at radius 3 is 2.60 bits per heavy atom. The Morgan fingerprint density at radius 1 is 1.55 bits per heavy atom. The van der Waals surface area contributed by atoms with Crippen LogP contribution in [0.5, 0.6) is 0 Å². The van der Waals surface area contributed by atoms with Crippen LogP contribution in [-0.4, -0.2) is 36.6 Å². The van der Waals surface area contributed by atoms with Crippen molar-refractivity contribution in [1.82, 2.24) is 5.32 Å². The van der Waals surface area contributed by atoms with Gasteiger partial charge in [0, 0.05) is 44.9 Å². The molecule has 1 N–H and O–H groups in total. The van der Waals surface area contributed by atoms with Gasteiger partial charge < -0.3 is 5.32 Å². The quantitative estimate of drug-likeness (QED) is 0.788. The van der Waals surface area contributed by atoms with Crippen molar-refractivity contribution in [2.45, 2.75) is 29.7 Å². The molecular weight excluding hydrogens is 342 g/mol. The number of hydrogen-bond donors (Lipinski definition) is 1. The highest BCUT2D eigenvalue weighted by molar-refractivity contribution is 8.15. The Balaban J connectivity index is 2.70. The average molecular weight is 358 g/mol. The van der Waals surface area contributed by atoms with Crippen LogP contribution in [0.25, 0.3) is 0 Å². The summed E-state index contributed by atoms with van der Waals surface area (Å²) >= 11 is 0.927. The number of nitrogens with one attached hydrogen (secondary N) is 1. The van der Waals surface area contributed by atoms with Gasteiger partial charge in [0.1, 0.15) is 4.21 Å². The summed E-state index contributed by atoms with van der Waals surface area (Å²) in [5, 5.41) is 4.16. The van der Waals surface area contributed by atoms with E-state index in [1.54, 1.807) is 13.2 Å². The average Bonchev–Trinajstić information content (AvgIpc) is 2.70. The van der Waals surface area contributed by atoms with Gasteiger partial charge in [0.15, 0.2) is 0 Å². The van der Waals surface area contributed by atoms with E-state index in [4.69, 9.17) is 10.7 Å². The number of hydrogen-bond acceptors (Lipinski definition) is 5. The molecule has 9 heteroatoms. The van der Waals surface area contributed by atoms with Gasteiger partial charge in [-0.1, -0.05) is 6.92 Å². The van der Waals surface area contributed by atoms with Crippen LogP contribution < -0.4 is 5.32 Å². The summed E-state index contributed by atoms with van der Waals surface area (Å²) in [5.41, 5.74) is 0.661. The predicted molar refractivity (Wildman–Crippen MR) is 82.6 cm³/mol. The third-order valence-corrected chi connectivity index (χ3v) is 7.54. The van der Waals surface area contributed by atoms with E-state index in [0.717, 1.165) is 11.3 Å². The molecule has 0 aliphatic rings. The SMILES string of the molecule is Cc1c(C(=O)NCCC(C)S(C)=O)csc1S(=O)(=O)Cl. The van der Waals surface area contributed by atoms with Crippen molar-refractivity contribution < 1.29 is 17.4 Å². The van der Waals surface area contributed by atoms with E-state index in [-0.39, 0.29) is 15.4 Å². The van der Waals surface area contributed by atoms with Gasteiger partial charge >= 0.3 is 0 Å². The van der Waals surface area contributed by atoms with Gasteiger partial charge in [0.25, 0.3) is 15.0 Å². The molecule has 2 unspecified atom stereocenters. The number of thiophene rings is 1. The molecule has 0 aliphatic heterocycles. The fourth-order valence-corrected chi connectivity index (χ4v) is 4.51. The van der Waals surface area contributed by atoms with Crippen molar-refractivity contribution in [1.29, 1.82) is 0 Å². The van der Waals surface area contributed by atoms with Crippen molar-refractivity contribution in [2.75, 3.05) is 12.8 Å². The zero-order valence-corrected chi connectivity index (χ0v) is 14.5. The molecule has 1 rings (SSSR count). The summed E-state index contributed by atoms with van der Waals surface area (Å²) in [7, 11) is 0.531. The van der Waals surface area contributed by atoms with Crippen LogP contribution in [0.1, 0.15) is 29.3 Å². The molecule has 2 atom stereocenters. The summed E-state index contributed by atoms with van der Waals surface area (Å²) in [4.78, 5) is 11.9. The molecule has 0 spiro atoms. The van der Waals surface area contributed by atoms with Gasteiger partial charge in [-0.05, 0) is 18.9 Å². The van der Waals surface area contributed by atoms with Crippen LogP contribution in [-0.2, 0) is 19.9 Å². The lowest BCUT2D eigenvalue weighted by Gasteiger charge is -2.09. The minimum Gasteiger partial charge on any atom is -0.352 e. The summed E-state index contributed by atoms with van der Waals surface area (Å²) in [6.07, 6.45) is 2.21. The molecular formula is C11H16ClNO4S3. The maximum atomic E-state index is 11.9. The maximum absolute atomic E-state index is 11.9. The lowest BCUT2D eigenvalue weighted by molar-refractivity contribution is 0.0953. The lowest BCUT2D eigenvalue weighted by Crippen LogP contribution is -2.27. The zero-order valence-electron chi connectivity index (χ0n) is 11.3. The molecule has 0 saturated carbocycles. The Morgan fingerprint density at radius 2 is 2.15 bits per heavy atom. The van der Waals surface area contributed by atoms with Crippen LogP contribution in [0.3, 0.4) is 0 Å². The molecule has 0 bridgehead atoms. The maximum Gasteiger partial charge on any atom is 0.271 e. The summed E-state index contributed by atoms with van der Waals surface area (Å²) in [5.74, 6) is -0.348. The second kappa shape index (κ2) is 7.02. The molecule has 5 nitrogen and oxygen atoms in total. The van der Waals surface area contributed by atoms with E-state index in [2.05, 4.69) is 5.32 Å². The van der Waals surface area contributed by atoms with E-state index < -0.39 is 19.9 Å². The Bertz CT molecular complexity index is 624. The predicted octanol–water partition coefficient (Wildman–Crippen LogP) is 1.87. The molecule has 20 heavy (non-hydrogen) atoms.